The quantitative estimate of drug-likeness (QED) is 0.320. The van der Waals surface area contributed by atoms with Gasteiger partial charge < -0.3 is 4.74 Å². The van der Waals surface area contributed by atoms with Gasteiger partial charge in [0.15, 0.2) is 0 Å². The number of benzene rings is 1. The van der Waals surface area contributed by atoms with Crippen LogP contribution in [0.25, 0.3) is 16.8 Å². The molecule has 0 spiro atoms. The highest BCUT2D eigenvalue weighted by Crippen LogP contribution is 2.49. The Morgan fingerprint density at radius 1 is 1.05 bits per heavy atom. The first-order valence-electron chi connectivity index (χ1n) is 12.6. The van der Waals surface area contributed by atoms with Crippen molar-refractivity contribution in [2.45, 2.75) is 64.4 Å². The van der Waals surface area contributed by atoms with E-state index >= 15 is 0 Å². The standard InChI is InChI=1S/C29H25F9N2O2/c1-15(2)22-6-5-7-23(39-22)21-9-8-18(27(30,31)32)10-17(21)14-40-16(3)24(42-25(40)41)26(4)12-19(28(33,34)35)11-20(13-26)29(36,37)38/h5-12,16,24H,1,13-14H2,2-4H3/t16-,24-,26?/m0/s1. The molecule has 0 radical (unpaired) electrons. The Kier molecular flexibility index (Phi) is 7.79. The lowest BCUT2D eigenvalue weighted by molar-refractivity contribution is -0.137. The van der Waals surface area contributed by atoms with E-state index in [-0.39, 0.29) is 22.9 Å². The summed E-state index contributed by atoms with van der Waals surface area (Å²) in [4.78, 5) is 18.4. The average Bonchev–Trinajstić information content (AvgIpc) is 3.16. The molecule has 4 rings (SSSR count). The fourth-order valence-electron chi connectivity index (χ4n) is 5.28. The summed E-state index contributed by atoms with van der Waals surface area (Å²) in [7, 11) is 0. The summed E-state index contributed by atoms with van der Waals surface area (Å²) in [5.74, 6) is 0. The summed E-state index contributed by atoms with van der Waals surface area (Å²) < 4.78 is 128. The van der Waals surface area contributed by atoms with Crippen molar-refractivity contribution in [3.05, 3.63) is 83.1 Å². The summed E-state index contributed by atoms with van der Waals surface area (Å²) in [6.45, 7) is 7.49. The maximum atomic E-state index is 13.6. The molecule has 1 aliphatic carbocycles. The van der Waals surface area contributed by atoms with Crippen molar-refractivity contribution >= 4 is 11.7 Å². The van der Waals surface area contributed by atoms with Crippen molar-refractivity contribution in [1.82, 2.24) is 9.88 Å². The second kappa shape index (κ2) is 10.5. The van der Waals surface area contributed by atoms with Gasteiger partial charge in [-0.2, -0.15) is 39.5 Å². The van der Waals surface area contributed by atoms with Gasteiger partial charge in [-0.3, -0.25) is 4.90 Å². The second-order valence-corrected chi connectivity index (χ2v) is 10.7. The van der Waals surface area contributed by atoms with Gasteiger partial charge in [0.05, 0.1) is 35.1 Å². The van der Waals surface area contributed by atoms with Crippen LogP contribution >= 0.6 is 0 Å². The molecule has 1 unspecified atom stereocenters. The lowest BCUT2D eigenvalue weighted by Gasteiger charge is -2.38. The van der Waals surface area contributed by atoms with Crippen molar-refractivity contribution in [3.8, 4) is 11.3 Å². The molecular formula is C29H25F9N2O2. The van der Waals surface area contributed by atoms with Gasteiger partial charge in [-0.25, -0.2) is 9.78 Å². The number of hydrogen-bond donors (Lipinski definition) is 0. The van der Waals surface area contributed by atoms with Crippen molar-refractivity contribution in [3.63, 3.8) is 0 Å². The molecule has 1 aromatic heterocycles. The molecule has 1 amide bonds. The minimum atomic E-state index is -5.11. The number of ether oxygens (including phenoxy) is 1. The monoisotopic (exact) mass is 604 g/mol. The lowest BCUT2D eigenvalue weighted by Crippen LogP contribution is -2.44. The fourth-order valence-corrected chi connectivity index (χ4v) is 5.28. The molecule has 1 saturated heterocycles. The van der Waals surface area contributed by atoms with Crippen molar-refractivity contribution in [1.29, 1.82) is 0 Å². The third kappa shape index (κ3) is 6.19. The molecule has 42 heavy (non-hydrogen) atoms. The van der Waals surface area contributed by atoms with Gasteiger partial charge in [-0.05, 0) is 61.7 Å². The van der Waals surface area contributed by atoms with E-state index in [1.54, 1.807) is 25.1 Å². The van der Waals surface area contributed by atoms with Gasteiger partial charge >= 0.3 is 24.6 Å². The summed E-state index contributed by atoms with van der Waals surface area (Å²) >= 11 is 0. The first kappa shape index (κ1) is 31.2. The van der Waals surface area contributed by atoms with E-state index in [1.165, 1.54) is 13.0 Å². The van der Waals surface area contributed by atoms with Crippen molar-refractivity contribution < 1.29 is 49.0 Å². The van der Waals surface area contributed by atoms with Gasteiger partial charge in [-0.15, -0.1) is 0 Å². The van der Waals surface area contributed by atoms with E-state index < -0.39 is 71.9 Å². The van der Waals surface area contributed by atoms with Gasteiger partial charge in [0.25, 0.3) is 0 Å². The normalized spacial score (nSPS) is 23.4. The van der Waals surface area contributed by atoms with E-state index in [0.29, 0.717) is 17.3 Å². The van der Waals surface area contributed by atoms with Crippen LogP contribution in [0.3, 0.4) is 0 Å². The number of rotatable bonds is 5. The van der Waals surface area contributed by atoms with Crippen molar-refractivity contribution in [2.24, 2.45) is 5.41 Å². The summed E-state index contributed by atoms with van der Waals surface area (Å²) in [6, 6.07) is 6.57. The number of amides is 1. The number of allylic oxidation sites excluding steroid dienone is 4. The Hall–Kier alpha value is -3.77. The van der Waals surface area contributed by atoms with Crippen molar-refractivity contribution in [2.75, 3.05) is 0 Å². The number of aromatic nitrogens is 1. The first-order chi connectivity index (χ1) is 19.2. The van der Waals surface area contributed by atoms with E-state index in [9.17, 15) is 44.3 Å². The number of alkyl halides is 9. The number of halogens is 9. The molecule has 13 heteroatoms. The highest BCUT2D eigenvalue weighted by atomic mass is 19.4. The molecule has 226 valence electrons. The van der Waals surface area contributed by atoms with Gasteiger partial charge in [-0.1, -0.05) is 31.7 Å². The Morgan fingerprint density at radius 2 is 1.71 bits per heavy atom. The molecular weight excluding hydrogens is 579 g/mol. The fraction of sp³-hybridized carbons (Fsp3) is 0.379. The number of carbonyl (C=O) groups is 1. The number of pyridine rings is 1. The zero-order valence-corrected chi connectivity index (χ0v) is 22.5. The number of hydrogen-bond acceptors (Lipinski definition) is 3. The smallest absolute Gasteiger partial charge is 0.416 e. The SMILES string of the molecule is C=C(C)c1cccc(-c2ccc(C(F)(F)F)cc2CN2C(=O)O[C@H](C3(C)C=C(C(F)(F)F)C=C(C(F)(F)F)C3)[C@@H]2C)n1. The molecule has 0 N–H and O–H groups in total. The minimum absolute atomic E-state index is 0.00293. The van der Waals surface area contributed by atoms with Crippen LogP contribution in [0.4, 0.5) is 44.3 Å². The largest absolute Gasteiger partial charge is 0.443 e. The van der Waals surface area contributed by atoms with Crippen LogP contribution in [0, 0.1) is 5.41 Å². The van der Waals surface area contributed by atoms with Crippen LogP contribution in [-0.2, 0) is 17.5 Å². The molecule has 3 atom stereocenters. The zero-order chi connectivity index (χ0) is 31.4. The Bertz CT molecular complexity index is 1470. The number of nitrogens with zero attached hydrogens (tertiary/aromatic N) is 2. The average molecular weight is 605 g/mol. The predicted molar refractivity (Wildman–Crippen MR) is 136 cm³/mol. The maximum Gasteiger partial charge on any atom is 0.416 e. The maximum absolute atomic E-state index is 13.6. The first-order valence-corrected chi connectivity index (χ1v) is 12.6. The highest BCUT2D eigenvalue weighted by molar-refractivity contribution is 5.73. The van der Waals surface area contributed by atoms with E-state index in [1.807, 2.05) is 0 Å². The molecule has 2 aliphatic rings. The van der Waals surface area contributed by atoms with E-state index in [0.717, 1.165) is 24.0 Å². The topological polar surface area (TPSA) is 42.4 Å². The van der Waals surface area contributed by atoms with Crippen LogP contribution in [0.2, 0.25) is 0 Å². The van der Waals surface area contributed by atoms with Crippen LogP contribution in [-0.4, -0.2) is 40.5 Å². The lowest BCUT2D eigenvalue weighted by atomic mass is 9.71. The van der Waals surface area contributed by atoms with Crippen LogP contribution in [0.15, 0.2) is 66.3 Å². The molecule has 1 fully saturated rings. The molecule has 4 nitrogen and oxygen atoms in total. The van der Waals surface area contributed by atoms with Crippen LogP contribution < -0.4 is 0 Å². The summed E-state index contributed by atoms with van der Waals surface area (Å²) in [5.41, 5.74) is -4.36. The summed E-state index contributed by atoms with van der Waals surface area (Å²) in [5, 5.41) is 0. The van der Waals surface area contributed by atoms with Gasteiger partial charge in [0, 0.05) is 16.6 Å². The third-order valence-corrected chi connectivity index (χ3v) is 7.36. The third-order valence-electron chi connectivity index (χ3n) is 7.36. The highest BCUT2D eigenvalue weighted by Gasteiger charge is 2.54. The molecule has 0 bridgehead atoms. The zero-order valence-electron chi connectivity index (χ0n) is 22.5. The van der Waals surface area contributed by atoms with E-state index in [2.05, 4.69) is 11.6 Å². The molecule has 1 aliphatic heterocycles. The molecule has 0 saturated carbocycles. The minimum Gasteiger partial charge on any atom is -0.443 e. The summed E-state index contributed by atoms with van der Waals surface area (Å²) in [6.07, 6.45) is -17.8. The molecule has 2 aromatic rings. The Balaban J connectivity index is 1.74. The number of cyclic esters (lactones) is 1. The Labute approximate surface area is 235 Å². The molecule has 2 heterocycles. The van der Waals surface area contributed by atoms with Crippen LogP contribution in [0.5, 0.6) is 0 Å². The number of carbonyl (C=O) groups excluding carboxylic acids is 1. The molecule has 1 aromatic carbocycles. The van der Waals surface area contributed by atoms with E-state index in [4.69, 9.17) is 4.74 Å². The Morgan fingerprint density at radius 3 is 2.29 bits per heavy atom. The van der Waals surface area contributed by atoms with Gasteiger partial charge in [0.2, 0.25) is 0 Å². The van der Waals surface area contributed by atoms with Gasteiger partial charge in [0.1, 0.15) is 6.10 Å². The predicted octanol–water partition coefficient (Wildman–Crippen LogP) is 8.90. The van der Waals surface area contributed by atoms with Crippen LogP contribution in [0.1, 0.15) is 44.0 Å². The second-order valence-electron chi connectivity index (χ2n) is 10.7.